The summed E-state index contributed by atoms with van der Waals surface area (Å²) < 4.78 is 46.0. The number of amides is 3. The van der Waals surface area contributed by atoms with Gasteiger partial charge in [-0.2, -0.15) is 8.78 Å². The number of hydrogen-bond acceptors (Lipinski definition) is 11. The number of ether oxygens (including phenoxy) is 3. The number of aliphatic hydroxyl groups is 1. The van der Waals surface area contributed by atoms with Crippen LogP contribution in [-0.2, 0) is 26.7 Å². The molecule has 3 heterocycles. The zero-order valence-corrected chi connectivity index (χ0v) is 34.2. The van der Waals surface area contributed by atoms with E-state index in [1.54, 1.807) is 44.6 Å². The van der Waals surface area contributed by atoms with E-state index in [9.17, 15) is 28.3 Å². The van der Waals surface area contributed by atoms with Crippen molar-refractivity contribution in [2.75, 3.05) is 65.5 Å². The summed E-state index contributed by atoms with van der Waals surface area (Å²) in [6.07, 6.45) is 5.38. The largest absolute Gasteiger partial charge is 0.493 e. The molecule has 59 heavy (non-hydrogen) atoms. The summed E-state index contributed by atoms with van der Waals surface area (Å²) >= 11 is 0. The fourth-order valence-electron chi connectivity index (χ4n) is 7.81. The Balaban J connectivity index is 0.980. The number of anilines is 1. The quantitative estimate of drug-likeness (QED) is 0.0794. The zero-order valence-electron chi connectivity index (χ0n) is 34.2. The number of fused-ring (bicyclic) bond motifs is 1. The lowest BCUT2D eigenvalue weighted by atomic mass is 9.90. The molecule has 13 nitrogen and oxygen atoms in total. The van der Waals surface area contributed by atoms with Crippen LogP contribution in [0.1, 0.15) is 85.5 Å². The predicted molar refractivity (Wildman–Crippen MR) is 219 cm³/mol. The number of alkyl halides is 2. The zero-order chi connectivity index (χ0) is 42.1. The van der Waals surface area contributed by atoms with Gasteiger partial charge in [0.25, 0.3) is 11.8 Å². The Morgan fingerprint density at radius 3 is 2.49 bits per heavy atom. The van der Waals surface area contributed by atoms with E-state index in [1.165, 1.54) is 12.1 Å². The van der Waals surface area contributed by atoms with Crippen LogP contribution in [-0.4, -0.2) is 103 Å². The van der Waals surface area contributed by atoms with Crippen molar-refractivity contribution in [3.8, 4) is 17.2 Å². The summed E-state index contributed by atoms with van der Waals surface area (Å²) in [7, 11) is 3.20. The molecule has 0 spiro atoms. The van der Waals surface area contributed by atoms with Gasteiger partial charge in [-0.05, 0) is 81.5 Å². The summed E-state index contributed by atoms with van der Waals surface area (Å²) in [5.74, 6) is -1.62. The van der Waals surface area contributed by atoms with Crippen LogP contribution < -0.4 is 24.8 Å². The number of methoxy groups -OCH3 is 2. The number of carbonyl (C=O) groups is 3. The Hall–Kier alpha value is -5.41. The topological polar surface area (TPSA) is 155 Å². The van der Waals surface area contributed by atoms with E-state index >= 15 is 0 Å². The third-order valence-electron chi connectivity index (χ3n) is 11.1. The van der Waals surface area contributed by atoms with E-state index in [4.69, 9.17) is 24.2 Å². The number of aliphatic hydroxyl groups excluding tert-OH is 1. The molecule has 6 rings (SSSR count). The maximum Gasteiger partial charge on any atom is 0.295 e. The molecule has 2 saturated heterocycles. The SMILES string of the molecule is COc1cc2c(NC(C)c3cccc(C(F)(F)CO)c3)nc(C)nc2c(CCCCCCN2CCN(C(=O)COc3cccc(C4CCC(=O)NC4=O)c3)CC2)c1OC. The number of piperazine rings is 1. The molecule has 2 atom stereocenters. The van der Waals surface area contributed by atoms with E-state index in [1.807, 2.05) is 30.9 Å². The number of hydrogen-bond donors (Lipinski definition) is 3. The second-order valence-electron chi connectivity index (χ2n) is 15.2. The molecule has 3 aromatic carbocycles. The number of nitrogens with zero attached hydrogens (tertiary/aromatic N) is 4. The summed E-state index contributed by atoms with van der Waals surface area (Å²) in [4.78, 5) is 50.6. The van der Waals surface area contributed by atoms with Crippen molar-refractivity contribution in [3.63, 3.8) is 0 Å². The van der Waals surface area contributed by atoms with Crippen LogP contribution in [0.5, 0.6) is 17.2 Å². The van der Waals surface area contributed by atoms with Crippen molar-refractivity contribution < 1.29 is 42.5 Å². The smallest absolute Gasteiger partial charge is 0.295 e. The maximum absolute atomic E-state index is 14.3. The first-order valence-corrected chi connectivity index (χ1v) is 20.2. The number of piperidine rings is 1. The Labute approximate surface area is 343 Å². The molecule has 2 aliphatic rings. The van der Waals surface area contributed by atoms with Crippen LogP contribution in [0, 0.1) is 6.92 Å². The minimum Gasteiger partial charge on any atom is -0.493 e. The van der Waals surface area contributed by atoms with Gasteiger partial charge in [0.15, 0.2) is 18.1 Å². The first-order valence-electron chi connectivity index (χ1n) is 20.2. The van der Waals surface area contributed by atoms with Crippen LogP contribution in [0.25, 0.3) is 10.9 Å². The molecule has 2 unspecified atom stereocenters. The highest BCUT2D eigenvalue weighted by molar-refractivity contribution is 6.01. The van der Waals surface area contributed by atoms with Crippen molar-refractivity contribution in [2.24, 2.45) is 0 Å². The number of aryl methyl sites for hydroxylation is 2. The van der Waals surface area contributed by atoms with Crippen LogP contribution >= 0.6 is 0 Å². The number of aromatic nitrogens is 2. The van der Waals surface area contributed by atoms with Gasteiger partial charge in [0, 0.05) is 55.2 Å². The molecule has 0 bridgehead atoms. The number of nitrogens with one attached hydrogen (secondary N) is 2. The van der Waals surface area contributed by atoms with Gasteiger partial charge < -0.3 is 29.5 Å². The molecule has 0 saturated carbocycles. The number of carbonyl (C=O) groups excluding carboxylic acids is 3. The normalized spacial score (nSPS) is 16.8. The van der Waals surface area contributed by atoms with Gasteiger partial charge in [0.05, 0.1) is 25.7 Å². The van der Waals surface area contributed by atoms with Crippen molar-refractivity contribution >= 4 is 34.4 Å². The summed E-state index contributed by atoms with van der Waals surface area (Å²) in [5, 5.41) is 15.7. The molecule has 1 aromatic heterocycles. The van der Waals surface area contributed by atoms with Gasteiger partial charge in [-0.25, -0.2) is 9.97 Å². The molecular formula is C44H54F2N6O7. The molecule has 0 aliphatic carbocycles. The van der Waals surface area contributed by atoms with Crippen LogP contribution in [0.3, 0.4) is 0 Å². The fourth-order valence-corrected chi connectivity index (χ4v) is 7.81. The predicted octanol–water partition coefficient (Wildman–Crippen LogP) is 6.06. The number of unbranched alkanes of at least 4 members (excludes halogenated alkanes) is 3. The molecule has 3 N–H and O–H groups in total. The Bertz CT molecular complexity index is 2130. The lowest BCUT2D eigenvalue weighted by molar-refractivity contribution is -0.136. The lowest BCUT2D eigenvalue weighted by Crippen LogP contribution is -2.50. The standard InChI is InChI=1S/C44H54F2N6O7/c1-28(30-11-9-13-32(23-30)44(45,46)27-53)47-42-36-25-37(57-3)41(58-4)35(40(36)48-29(2)49-42)15-7-5-6-8-18-51-19-21-52(22-20-51)39(55)26-59-33-14-10-12-31(24-33)34-16-17-38(54)50-43(34)56/h9-14,23-25,28,34,53H,5-8,15-22,26-27H2,1-4H3,(H,47,48,49)(H,50,54,56). The average Bonchev–Trinajstić information content (AvgIpc) is 3.24. The lowest BCUT2D eigenvalue weighted by Gasteiger charge is -2.34. The number of rotatable bonds is 18. The van der Waals surface area contributed by atoms with Crippen molar-refractivity contribution in [2.45, 2.75) is 76.7 Å². The Kier molecular flexibility index (Phi) is 14.3. The van der Waals surface area contributed by atoms with E-state index in [-0.39, 0.29) is 35.9 Å². The van der Waals surface area contributed by atoms with E-state index in [2.05, 4.69) is 15.5 Å². The van der Waals surface area contributed by atoms with Crippen LogP contribution in [0.2, 0.25) is 0 Å². The number of halogens is 2. The highest BCUT2D eigenvalue weighted by atomic mass is 19.3. The molecule has 3 amide bonds. The van der Waals surface area contributed by atoms with Gasteiger partial charge in [-0.1, -0.05) is 43.2 Å². The molecule has 316 valence electrons. The van der Waals surface area contributed by atoms with Gasteiger partial charge in [0.1, 0.15) is 24.0 Å². The number of benzene rings is 3. The van der Waals surface area contributed by atoms with E-state index in [0.717, 1.165) is 67.3 Å². The molecule has 2 aliphatic heterocycles. The minimum absolute atomic E-state index is 0.0780. The fraction of sp³-hybridized carbons (Fsp3) is 0.477. The highest BCUT2D eigenvalue weighted by Gasteiger charge is 2.31. The average molecular weight is 817 g/mol. The van der Waals surface area contributed by atoms with Crippen molar-refractivity contribution in [1.82, 2.24) is 25.1 Å². The van der Waals surface area contributed by atoms with Crippen molar-refractivity contribution in [1.29, 1.82) is 0 Å². The minimum atomic E-state index is -3.35. The van der Waals surface area contributed by atoms with E-state index < -0.39 is 18.4 Å². The third-order valence-corrected chi connectivity index (χ3v) is 11.1. The number of imide groups is 1. The second kappa shape index (κ2) is 19.6. The second-order valence-corrected chi connectivity index (χ2v) is 15.2. The van der Waals surface area contributed by atoms with Gasteiger partial charge >= 0.3 is 0 Å². The van der Waals surface area contributed by atoms with Crippen LogP contribution in [0.4, 0.5) is 14.6 Å². The molecule has 2 fully saturated rings. The third kappa shape index (κ3) is 10.6. The summed E-state index contributed by atoms with van der Waals surface area (Å²) in [6.45, 7) is 6.11. The van der Waals surface area contributed by atoms with Crippen LogP contribution in [0.15, 0.2) is 54.6 Å². The maximum atomic E-state index is 14.3. The molecule has 4 aromatic rings. The molecule has 15 heteroatoms. The van der Waals surface area contributed by atoms with Gasteiger partial charge in [0.2, 0.25) is 11.8 Å². The van der Waals surface area contributed by atoms with E-state index in [0.29, 0.717) is 66.8 Å². The summed E-state index contributed by atoms with van der Waals surface area (Å²) in [5.41, 5.74) is 2.78. The molecular weight excluding hydrogens is 763 g/mol. The van der Waals surface area contributed by atoms with Gasteiger partial charge in [-0.15, -0.1) is 0 Å². The first kappa shape index (κ1) is 43.2. The van der Waals surface area contributed by atoms with Crippen molar-refractivity contribution in [3.05, 3.63) is 82.7 Å². The first-order chi connectivity index (χ1) is 28.4. The highest BCUT2D eigenvalue weighted by Crippen LogP contribution is 2.41. The molecule has 0 radical (unpaired) electrons. The Morgan fingerprint density at radius 2 is 1.76 bits per heavy atom. The summed E-state index contributed by atoms with van der Waals surface area (Å²) in [6, 6.07) is 14.6. The monoisotopic (exact) mass is 816 g/mol. The Morgan fingerprint density at radius 1 is 1.00 bits per heavy atom. The van der Waals surface area contributed by atoms with Gasteiger partial charge in [-0.3, -0.25) is 24.6 Å².